The van der Waals surface area contributed by atoms with E-state index in [9.17, 15) is 14.0 Å². The predicted molar refractivity (Wildman–Crippen MR) is 72.3 cm³/mol. The molecule has 2 aromatic heterocycles. The van der Waals surface area contributed by atoms with Gasteiger partial charge in [0.25, 0.3) is 0 Å². The summed E-state index contributed by atoms with van der Waals surface area (Å²) in [7, 11) is 1.46. The van der Waals surface area contributed by atoms with Gasteiger partial charge in [0, 0.05) is 19.2 Å². The van der Waals surface area contributed by atoms with Crippen molar-refractivity contribution in [1.29, 1.82) is 0 Å². The SMILES string of the molecule is Cn1c(=O)c(=O)n(C2CCNCC2)c2ncc(F)cc21. The maximum absolute atomic E-state index is 13.3. The van der Waals surface area contributed by atoms with E-state index in [4.69, 9.17) is 0 Å². The number of piperidine rings is 1. The number of halogens is 1. The van der Waals surface area contributed by atoms with Gasteiger partial charge in [-0.1, -0.05) is 0 Å². The molecule has 1 saturated heterocycles. The van der Waals surface area contributed by atoms with Gasteiger partial charge in [0.1, 0.15) is 5.82 Å². The zero-order chi connectivity index (χ0) is 14.3. The minimum atomic E-state index is -0.650. The molecular weight excluding hydrogens is 263 g/mol. The van der Waals surface area contributed by atoms with Crippen LogP contribution in [0.2, 0.25) is 0 Å². The molecule has 20 heavy (non-hydrogen) atoms. The molecule has 3 rings (SSSR count). The Morgan fingerprint density at radius 3 is 2.70 bits per heavy atom. The van der Waals surface area contributed by atoms with Crippen molar-refractivity contribution >= 4 is 11.2 Å². The maximum Gasteiger partial charge on any atom is 0.318 e. The van der Waals surface area contributed by atoms with Crippen LogP contribution >= 0.6 is 0 Å². The molecule has 0 atom stereocenters. The van der Waals surface area contributed by atoms with Crippen molar-refractivity contribution in [1.82, 2.24) is 19.4 Å². The molecule has 1 aliphatic rings. The second-order valence-corrected chi connectivity index (χ2v) is 5.02. The summed E-state index contributed by atoms with van der Waals surface area (Å²) in [6.07, 6.45) is 2.58. The fourth-order valence-electron chi connectivity index (χ4n) is 2.71. The summed E-state index contributed by atoms with van der Waals surface area (Å²) in [5.74, 6) is -0.525. The lowest BCUT2D eigenvalue weighted by Crippen LogP contribution is -2.44. The molecule has 1 N–H and O–H groups in total. The van der Waals surface area contributed by atoms with Crippen molar-refractivity contribution in [3.8, 4) is 0 Å². The summed E-state index contributed by atoms with van der Waals surface area (Å²) in [5, 5.41) is 3.21. The second-order valence-electron chi connectivity index (χ2n) is 5.02. The predicted octanol–water partition coefficient (Wildman–Crippen LogP) is 0.159. The number of nitrogens with one attached hydrogen (secondary N) is 1. The van der Waals surface area contributed by atoms with Crippen LogP contribution in [0.15, 0.2) is 21.9 Å². The number of fused-ring (bicyclic) bond motifs is 1. The molecule has 0 bridgehead atoms. The first kappa shape index (κ1) is 13.0. The molecule has 0 unspecified atom stereocenters. The van der Waals surface area contributed by atoms with Gasteiger partial charge in [0.2, 0.25) is 0 Å². The average Bonchev–Trinajstić information content (AvgIpc) is 2.47. The van der Waals surface area contributed by atoms with E-state index in [1.165, 1.54) is 17.7 Å². The van der Waals surface area contributed by atoms with E-state index >= 15 is 0 Å². The van der Waals surface area contributed by atoms with Gasteiger partial charge in [-0.3, -0.25) is 14.2 Å². The molecule has 7 heteroatoms. The Morgan fingerprint density at radius 2 is 2.00 bits per heavy atom. The van der Waals surface area contributed by atoms with Crippen molar-refractivity contribution in [2.75, 3.05) is 13.1 Å². The average molecular weight is 278 g/mol. The lowest BCUT2D eigenvalue weighted by molar-refractivity contribution is 0.365. The number of pyridine rings is 1. The van der Waals surface area contributed by atoms with Crippen LogP contribution in [0.4, 0.5) is 4.39 Å². The monoisotopic (exact) mass is 278 g/mol. The summed E-state index contributed by atoms with van der Waals surface area (Å²) in [5.41, 5.74) is -0.534. The summed E-state index contributed by atoms with van der Waals surface area (Å²) >= 11 is 0. The lowest BCUT2D eigenvalue weighted by atomic mass is 10.1. The first-order valence-electron chi connectivity index (χ1n) is 6.57. The van der Waals surface area contributed by atoms with Crippen LogP contribution in [-0.2, 0) is 7.05 Å². The van der Waals surface area contributed by atoms with E-state index in [0.717, 1.165) is 36.7 Å². The fourth-order valence-corrected chi connectivity index (χ4v) is 2.71. The van der Waals surface area contributed by atoms with Crippen molar-refractivity contribution in [2.24, 2.45) is 7.05 Å². The van der Waals surface area contributed by atoms with Crippen LogP contribution in [0.3, 0.4) is 0 Å². The summed E-state index contributed by atoms with van der Waals surface area (Å²) in [4.78, 5) is 28.3. The Bertz CT molecular complexity index is 774. The summed E-state index contributed by atoms with van der Waals surface area (Å²) in [6.45, 7) is 1.57. The third-order valence-electron chi connectivity index (χ3n) is 3.78. The number of rotatable bonds is 1. The smallest absolute Gasteiger partial charge is 0.317 e. The van der Waals surface area contributed by atoms with Gasteiger partial charge in [0.15, 0.2) is 5.65 Å². The van der Waals surface area contributed by atoms with E-state index in [1.54, 1.807) is 0 Å². The number of hydrogen-bond donors (Lipinski definition) is 1. The number of hydrogen-bond acceptors (Lipinski definition) is 4. The van der Waals surface area contributed by atoms with E-state index in [1.807, 2.05) is 0 Å². The van der Waals surface area contributed by atoms with E-state index in [0.29, 0.717) is 11.2 Å². The third kappa shape index (κ3) is 1.94. The largest absolute Gasteiger partial charge is 0.318 e. The Morgan fingerprint density at radius 1 is 1.30 bits per heavy atom. The topological polar surface area (TPSA) is 68.9 Å². The van der Waals surface area contributed by atoms with E-state index < -0.39 is 16.9 Å². The number of aryl methyl sites for hydroxylation is 1. The Hall–Kier alpha value is -2.02. The van der Waals surface area contributed by atoms with Crippen LogP contribution < -0.4 is 16.4 Å². The van der Waals surface area contributed by atoms with Gasteiger partial charge in [-0.2, -0.15) is 0 Å². The second kappa shape index (κ2) is 4.82. The molecule has 0 aromatic carbocycles. The van der Waals surface area contributed by atoms with Gasteiger partial charge >= 0.3 is 11.1 Å². The highest BCUT2D eigenvalue weighted by Gasteiger charge is 2.21. The molecule has 3 heterocycles. The molecule has 0 spiro atoms. The lowest BCUT2D eigenvalue weighted by Gasteiger charge is -2.25. The Labute approximate surface area is 113 Å². The van der Waals surface area contributed by atoms with E-state index in [2.05, 4.69) is 10.3 Å². The number of aromatic nitrogens is 3. The third-order valence-corrected chi connectivity index (χ3v) is 3.78. The molecule has 0 radical (unpaired) electrons. The molecular formula is C13H15FN4O2. The molecule has 1 aliphatic heterocycles. The van der Waals surface area contributed by atoms with Crippen LogP contribution in [0.1, 0.15) is 18.9 Å². The van der Waals surface area contributed by atoms with Crippen molar-refractivity contribution in [3.05, 3.63) is 38.8 Å². The molecule has 0 saturated carbocycles. The van der Waals surface area contributed by atoms with Gasteiger partial charge in [-0.25, -0.2) is 9.37 Å². The van der Waals surface area contributed by atoms with Gasteiger partial charge in [0.05, 0.1) is 11.7 Å². The molecule has 6 nitrogen and oxygen atoms in total. The van der Waals surface area contributed by atoms with Crippen LogP contribution in [0, 0.1) is 5.82 Å². The summed E-state index contributed by atoms with van der Waals surface area (Å²) < 4.78 is 15.9. The highest BCUT2D eigenvalue weighted by atomic mass is 19.1. The quantitative estimate of drug-likeness (QED) is 0.754. The van der Waals surface area contributed by atoms with Crippen LogP contribution in [-0.4, -0.2) is 27.2 Å². The first-order valence-corrected chi connectivity index (χ1v) is 6.57. The summed E-state index contributed by atoms with van der Waals surface area (Å²) in [6, 6.07) is 1.17. The highest BCUT2D eigenvalue weighted by Crippen LogP contribution is 2.20. The van der Waals surface area contributed by atoms with E-state index in [-0.39, 0.29) is 6.04 Å². The zero-order valence-corrected chi connectivity index (χ0v) is 11.1. The molecule has 2 aromatic rings. The minimum absolute atomic E-state index is 0.0712. The van der Waals surface area contributed by atoms with Gasteiger partial charge in [-0.05, 0) is 25.9 Å². The van der Waals surface area contributed by atoms with Crippen LogP contribution in [0.5, 0.6) is 0 Å². The maximum atomic E-state index is 13.3. The minimum Gasteiger partial charge on any atom is -0.317 e. The van der Waals surface area contributed by atoms with Crippen LogP contribution in [0.25, 0.3) is 11.2 Å². The number of nitrogens with zero attached hydrogens (tertiary/aromatic N) is 3. The zero-order valence-electron chi connectivity index (χ0n) is 11.1. The molecule has 106 valence electrons. The van der Waals surface area contributed by atoms with Crippen molar-refractivity contribution in [3.63, 3.8) is 0 Å². The Kier molecular flexibility index (Phi) is 3.13. The van der Waals surface area contributed by atoms with Crippen molar-refractivity contribution in [2.45, 2.75) is 18.9 Å². The molecule has 0 amide bonds. The Balaban J connectivity index is 2.35. The standard InChI is InChI=1S/C13H15FN4O2/c1-17-10-6-8(14)7-16-11(10)18(13(20)12(17)19)9-2-4-15-5-3-9/h6-7,9,15H,2-5H2,1H3. The highest BCUT2D eigenvalue weighted by molar-refractivity contribution is 5.70. The van der Waals surface area contributed by atoms with Gasteiger partial charge < -0.3 is 9.88 Å². The molecule has 0 aliphatic carbocycles. The van der Waals surface area contributed by atoms with Gasteiger partial charge in [-0.15, -0.1) is 0 Å². The fraction of sp³-hybridized carbons (Fsp3) is 0.462. The van der Waals surface area contributed by atoms with Crippen molar-refractivity contribution < 1.29 is 4.39 Å². The first-order chi connectivity index (χ1) is 9.59. The normalized spacial score (nSPS) is 16.7. The molecule has 1 fully saturated rings.